The number of anilines is 3. The van der Waals surface area contributed by atoms with E-state index in [0.29, 0.717) is 22.6 Å². The van der Waals surface area contributed by atoms with Crippen molar-refractivity contribution in [3.8, 4) is 0 Å². The van der Waals surface area contributed by atoms with Crippen LogP contribution in [-0.4, -0.2) is 22.7 Å². The van der Waals surface area contributed by atoms with Crippen LogP contribution in [0.4, 0.5) is 17.1 Å². The minimum absolute atomic E-state index is 0.0569. The van der Waals surface area contributed by atoms with Gasteiger partial charge in [-0.3, -0.25) is 14.2 Å². The Kier molecular flexibility index (Phi) is 7.33. The first-order chi connectivity index (χ1) is 17.5. The lowest BCUT2D eigenvalue weighted by Gasteiger charge is -2.12. The third kappa shape index (κ3) is 6.35. The van der Waals surface area contributed by atoms with Crippen LogP contribution in [0.1, 0.15) is 21.5 Å². The Morgan fingerprint density at radius 3 is 1.84 bits per heavy atom. The highest BCUT2D eigenvalue weighted by Gasteiger charge is 2.17. The number of nitrogens with one attached hydrogen (secondary N) is 3. The maximum Gasteiger partial charge on any atom is 0.261 e. The van der Waals surface area contributed by atoms with E-state index in [1.54, 1.807) is 24.3 Å². The lowest BCUT2D eigenvalue weighted by atomic mass is 10.1. The molecule has 190 valence electrons. The predicted molar refractivity (Wildman–Crippen MR) is 145 cm³/mol. The summed E-state index contributed by atoms with van der Waals surface area (Å²) in [7, 11) is -7.55. The number of sulfonamides is 2. The van der Waals surface area contributed by atoms with E-state index in [0.717, 1.165) is 11.1 Å². The maximum absolute atomic E-state index is 12.8. The van der Waals surface area contributed by atoms with E-state index in [1.807, 2.05) is 26.0 Å². The Hall–Kier alpha value is -4.15. The molecule has 4 aromatic carbocycles. The number of benzene rings is 4. The summed E-state index contributed by atoms with van der Waals surface area (Å²) in [5.74, 6) is -0.429. The number of rotatable bonds is 8. The molecule has 4 aromatic rings. The molecule has 0 aliphatic heterocycles. The van der Waals surface area contributed by atoms with Gasteiger partial charge in [-0.2, -0.15) is 0 Å². The summed E-state index contributed by atoms with van der Waals surface area (Å²) in [6.45, 7) is 3.70. The third-order valence-electron chi connectivity index (χ3n) is 5.51. The fourth-order valence-electron chi connectivity index (χ4n) is 3.47. The summed E-state index contributed by atoms with van der Waals surface area (Å²) >= 11 is 0. The van der Waals surface area contributed by atoms with Crippen molar-refractivity contribution in [1.29, 1.82) is 0 Å². The number of carbonyl (C=O) groups is 1. The summed E-state index contributed by atoms with van der Waals surface area (Å²) in [4.78, 5) is 12.8. The summed E-state index contributed by atoms with van der Waals surface area (Å²) < 4.78 is 55.6. The van der Waals surface area contributed by atoms with Crippen molar-refractivity contribution >= 4 is 43.0 Å². The van der Waals surface area contributed by atoms with Gasteiger partial charge in [-0.1, -0.05) is 30.3 Å². The van der Waals surface area contributed by atoms with Crippen LogP contribution in [0.3, 0.4) is 0 Å². The first-order valence-electron chi connectivity index (χ1n) is 11.2. The fraction of sp³-hybridized carbons (Fsp3) is 0.0741. The van der Waals surface area contributed by atoms with Crippen LogP contribution >= 0.6 is 0 Å². The van der Waals surface area contributed by atoms with E-state index in [-0.39, 0.29) is 9.79 Å². The zero-order valence-corrected chi connectivity index (χ0v) is 21.7. The van der Waals surface area contributed by atoms with Crippen LogP contribution in [0.2, 0.25) is 0 Å². The molecule has 0 spiro atoms. The lowest BCUT2D eigenvalue weighted by Crippen LogP contribution is -2.15. The number of aryl methyl sites for hydroxylation is 2. The molecule has 0 atom stereocenters. The van der Waals surface area contributed by atoms with Crippen LogP contribution in [0.25, 0.3) is 0 Å². The molecule has 0 saturated heterocycles. The summed E-state index contributed by atoms with van der Waals surface area (Å²) in [6, 6.07) is 25.2. The smallest absolute Gasteiger partial charge is 0.261 e. The topological polar surface area (TPSA) is 121 Å². The van der Waals surface area contributed by atoms with Gasteiger partial charge in [-0.15, -0.1) is 0 Å². The monoisotopic (exact) mass is 535 g/mol. The second-order valence-corrected chi connectivity index (χ2v) is 11.8. The van der Waals surface area contributed by atoms with Crippen molar-refractivity contribution in [2.24, 2.45) is 0 Å². The molecular formula is C27H25N3O5S2. The Morgan fingerprint density at radius 2 is 1.19 bits per heavy atom. The first kappa shape index (κ1) is 25.9. The summed E-state index contributed by atoms with van der Waals surface area (Å²) in [6.07, 6.45) is 0. The molecular weight excluding hydrogens is 510 g/mol. The van der Waals surface area contributed by atoms with E-state index >= 15 is 0 Å². The first-order valence-corrected chi connectivity index (χ1v) is 14.2. The van der Waals surface area contributed by atoms with E-state index in [4.69, 9.17) is 0 Å². The molecule has 0 aliphatic rings. The van der Waals surface area contributed by atoms with E-state index in [2.05, 4.69) is 14.8 Å². The standard InChI is InChI=1S/C27H25N3O5S2/c1-19-8-9-20(2)26(18-19)30-37(34,35)25-16-14-22(15-17-25)28-27(31)21-10-12-23(13-11-21)29-36(32,33)24-6-4-3-5-7-24/h3-18,29-30H,1-2H3,(H,28,31). The highest BCUT2D eigenvalue weighted by atomic mass is 32.2. The SMILES string of the molecule is Cc1ccc(C)c(NS(=O)(=O)c2ccc(NC(=O)c3ccc(NS(=O)(=O)c4ccccc4)cc3)cc2)c1. The average molecular weight is 536 g/mol. The largest absolute Gasteiger partial charge is 0.322 e. The quantitative estimate of drug-likeness (QED) is 0.288. The Morgan fingerprint density at radius 1 is 0.622 bits per heavy atom. The van der Waals surface area contributed by atoms with Crippen LogP contribution in [0, 0.1) is 13.8 Å². The van der Waals surface area contributed by atoms with Crippen LogP contribution in [-0.2, 0) is 20.0 Å². The van der Waals surface area contributed by atoms with Gasteiger partial charge in [0.05, 0.1) is 15.5 Å². The van der Waals surface area contributed by atoms with Crippen molar-refractivity contribution in [1.82, 2.24) is 0 Å². The maximum atomic E-state index is 12.8. The highest BCUT2D eigenvalue weighted by Crippen LogP contribution is 2.23. The minimum atomic E-state index is -3.81. The summed E-state index contributed by atoms with van der Waals surface area (Å²) in [5.41, 5.74) is 3.26. The van der Waals surface area contributed by atoms with Crippen molar-refractivity contribution in [3.63, 3.8) is 0 Å². The molecule has 4 rings (SSSR count). The molecule has 0 aliphatic carbocycles. The van der Waals surface area contributed by atoms with Gasteiger partial charge in [0.1, 0.15) is 0 Å². The Balaban J connectivity index is 1.41. The molecule has 0 unspecified atom stereocenters. The molecule has 8 nitrogen and oxygen atoms in total. The van der Waals surface area contributed by atoms with Crippen molar-refractivity contribution in [2.45, 2.75) is 23.6 Å². The lowest BCUT2D eigenvalue weighted by molar-refractivity contribution is 0.102. The van der Waals surface area contributed by atoms with E-state index in [9.17, 15) is 21.6 Å². The van der Waals surface area contributed by atoms with Crippen LogP contribution in [0.15, 0.2) is 107 Å². The fourth-order valence-corrected chi connectivity index (χ4v) is 5.67. The molecule has 37 heavy (non-hydrogen) atoms. The molecule has 0 radical (unpaired) electrons. The Bertz CT molecular complexity index is 1640. The van der Waals surface area contributed by atoms with Crippen molar-refractivity contribution < 1.29 is 21.6 Å². The highest BCUT2D eigenvalue weighted by molar-refractivity contribution is 7.93. The number of hydrogen-bond acceptors (Lipinski definition) is 5. The average Bonchev–Trinajstić information content (AvgIpc) is 2.87. The van der Waals surface area contributed by atoms with E-state index < -0.39 is 26.0 Å². The van der Waals surface area contributed by atoms with Crippen LogP contribution in [0.5, 0.6) is 0 Å². The molecule has 0 bridgehead atoms. The van der Waals surface area contributed by atoms with Gasteiger partial charge < -0.3 is 5.32 Å². The van der Waals surface area contributed by atoms with Gasteiger partial charge in [0.2, 0.25) is 0 Å². The van der Waals surface area contributed by atoms with Gasteiger partial charge in [0.15, 0.2) is 0 Å². The van der Waals surface area contributed by atoms with Crippen molar-refractivity contribution in [2.75, 3.05) is 14.8 Å². The second-order valence-electron chi connectivity index (χ2n) is 8.40. The van der Waals surface area contributed by atoms with Crippen molar-refractivity contribution in [3.05, 3.63) is 114 Å². The molecule has 0 saturated carbocycles. The molecule has 1 amide bonds. The number of amides is 1. The van der Waals surface area contributed by atoms with Gasteiger partial charge in [-0.25, -0.2) is 16.8 Å². The number of hydrogen-bond donors (Lipinski definition) is 3. The van der Waals surface area contributed by atoms with Gasteiger partial charge in [-0.05, 0) is 91.7 Å². The molecule has 10 heteroatoms. The van der Waals surface area contributed by atoms with E-state index in [1.165, 1.54) is 60.7 Å². The molecule has 3 N–H and O–H groups in total. The van der Waals surface area contributed by atoms with Crippen LogP contribution < -0.4 is 14.8 Å². The molecule has 0 aromatic heterocycles. The zero-order chi connectivity index (χ0) is 26.6. The normalized spacial score (nSPS) is 11.5. The summed E-state index contributed by atoms with van der Waals surface area (Å²) in [5, 5.41) is 2.70. The third-order valence-corrected chi connectivity index (χ3v) is 8.29. The van der Waals surface area contributed by atoms with Gasteiger partial charge in [0, 0.05) is 16.9 Å². The second kappa shape index (κ2) is 10.5. The zero-order valence-electron chi connectivity index (χ0n) is 20.1. The molecule has 0 fully saturated rings. The predicted octanol–water partition coefficient (Wildman–Crippen LogP) is 5.16. The van der Waals surface area contributed by atoms with Gasteiger partial charge in [0.25, 0.3) is 26.0 Å². The van der Waals surface area contributed by atoms with Gasteiger partial charge >= 0.3 is 0 Å². The minimum Gasteiger partial charge on any atom is -0.322 e. The number of carbonyl (C=O) groups excluding carboxylic acids is 1. The Labute approximate surface area is 216 Å². The molecule has 0 heterocycles.